The number of rotatable bonds is 6. The molecule has 8 heteroatoms. The molecule has 3 aliphatic rings. The SMILES string of the molecule is COc1cc(C)c2[nH]ccc2c1CN1CCC2(C[C@H]1c1ccc(C(=O)NC3(C#N)CC3)cc1)CC(F)(F)C2. The van der Waals surface area contributed by atoms with Crippen LogP contribution < -0.4 is 10.1 Å². The third-order valence-corrected chi connectivity index (χ3v) is 8.83. The van der Waals surface area contributed by atoms with Crippen LogP contribution >= 0.6 is 0 Å². The Hall–Kier alpha value is -3.44. The number of amides is 1. The van der Waals surface area contributed by atoms with Gasteiger partial charge in [0, 0.05) is 53.7 Å². The second kappa shape index (κ2) is 8.81. The van der Waals surface area contributed by atoms with Gasteiger partial charge in [0.15, 0.2) is 0 Å². The minimum Gasteiger partial charge on any atom is -0.496 e. The quantitative estimate of drug-likeness (QED) is 0.418. The molecule has 0 unspecified atom stereocenters. The van der Waals surface area contributed by atoms with Crippen molar-refractivity contribution in [3.63, 3.8) is 0 Å². The smallest absolute Gasteiger partial charge is 0.252 e. The number of methoxy groups -OCH3 is 1. The minimum absolute atomic E-state index is 0.0586. The number of benzene rings is 2. The van der Waals surface area contributed by atoms with Crippen LogP contribution in [0, 0.1) is 23.7 Å². The predicted molar refractivity (Wildman–Crippen MR) is 140 cm³/mol. The number of hydrogen-bond donors (Lipinski definition) is 2. The molecular weight excluding hydrogens is 486 g/mol. The van der Waals surface area contributed by atoms with Gasteiger partial charge < -0.3 is 15.0 Å². The average Bonchev–Trinajstić information content (AvgIpc) is 3.47. The number of aromatic nitrogens is 1. The molecular formula is C30H32F2N4O2. The van der Waals surface area contributed by atoms with Crippen LogP contribution in [0.15, 0.2) is 42.6 Å². The molecule has 2 saturated carbocycles. The molecule has 1 spiro atoms. The Labute approximate surface area is 221 Å². The average molecular weight is 519 g/mol. The van der Waals surface area contributed by atoms with Crippen LogP contribution in [0.25, 0.3) is 10.9 Å². The van der Waals surface area contributed by atoms with E-state index in [1.807, 2.05) is 24.4 Å². The summed E-state index contributed by atoms with van der Waals surface area (Å²) in [6, 6.07) is 13.7. The fourth-order valence-electron chi connectivity index (χ4n) is 6.58. The number of H-pyrrole nitrogens is 1. The summed E-state index contributed by atoms with van der Waals surface area (Å²) >= 11 is 0. The number of aryl methyl sites for hydroxylation is 1. The van der Waals surface area contributed by atoms with Gasteiger partial charge in [-0.3, -0.25) is 9.69 Å². The summed E-state index contributed by atoms with van der Waals surface area (Å²) in [4.78, 5) is 18.4. The number of nitrogens with zero attached hydrogens (tertiary/aromatic N) is 2. The maximum absolute atomic E-state index is 14.0. The molecule has 1 aliphatic heterocycles. The first-order valence-electron chi connectivity index (χ1n) is 13.2. The Morgan fingerprint density at radius 1 is 1.21 bits per heavy atom. The number of carbonyl (C=O) groups excluding carboxylic acids is 1. The molecule has 1 saturated heterocycles. The van der Waals surface area contributed by atoms with Crippen LogP contribution in [0.3, 0.4) is 0 Å². The van der Waals surface area contributed by atoms with E-state index < -0.39 is 11.5 Å². The van der Waals surface area contributed by atoms with E-state index in [9.17, 15) is 18.8 Å². The van der Waals surface area contributed by atoms with Gasteiger partial charge in [-0.15, -0.1) is 0 Å². The maximum Gasteiger partial charge on any atom is 0.252 e. The number of ether oxygens (including phenoxy) is 1. The summed E-state index contributed by atoms with van der Waals surface area (Å²) in [5.41, 5.74) is 3.68. The third-order valence-electron chi connectivity index (χ3n) is 8.83. The Morgan fingerprint density at radius 2 is 1.95 bits per heavy atom. The number of likely N-dealkylation sites (tertiary alicyclic amines) is 1. The van der Waals surface area contributed by atoms with Crippen LogP contribution in [-0.2, 0) is 6.54 Å². The summed E-state index contributed by atoms with van der Waals surface area (Å²) in [6.45, 7) is 3.38. The monoisotopic (exact) mass is 518 g/mol. The molecule has 38 heavy (non-hydrogen) atoms. The number of nitriles is 1. The molecule has 0 radical (unpaired) electrons. The summed E-state index contributed by atoms with van der Waals surface area (Å²) < 4.78 is 33.8. The van der Waals surface area contributed by atoms with E-state index in [0.717, 1.165) is 39.8 Å². The normalized spacial score (nSPS) is 23.0. The molecule has 2 heterocycles. The van der Waals surface area contributed by atoms with E-state index in [2.05, 4.69) is 34.3 Å². The minimum atomic E-state index is -2.58. The van der Waals surface area contributed by atoms with E-state index in [4.69, 9.17) is 4.74 Å². The Morgan fingerprint density at radius 3 is 2.58 bits per heavy atom. The zero-order valence-corrected chi connectivity index (χ0v) is 21.7. The molecule has 3 aromatic rings. The van der Waals surface area contributed by atoms with Crippen molar-refractivity contribution in [2.45, 2.75) is 69.5 Å². The number of nitrogens with one attached hydrogen (secondary N) is 2. The lowest BCUT2D eigenvalue weighted by molar-refractivity contribution is -0.186. The Bertz CT molecular complexity index is 1430. The Kier molecular flexibility index (Phi) is 5.76. The largest absolute Gasteiger partial charge is 0.496 e. The summed E-state index contributed by atoms with van der Waals surface area (Å²) in [7, 11) is 1.68. The van der Waals surface area contributed by atoms with Gasteiger partial charge in [-0.05, 0) is 80.0 Å². The summed E-state index contributed by atoms with van der Waals surface area (Å²) in [5, 5.41) is 13.2. The first-order chi connectivity index (χ1) is 18.2. The van der Waals surface area contributed by atoms with Gasteiger partial charge in [-0.2, -0.15) is 5.26 Å². The molecule has 2 aromatic carbocycles. The molecule has 1 amide bonds. The van der Waals surface area contributed by atoms with Crippen LogP contribution in [-0.4, -0.2) is 40.9 Å². The van der Waals surface area contributed by atoms with Crippen molar-refractivity contribution in [1.29, 1.82) is 5.26 Å². The zero-order valence-electron chi connectivity index (χ0n) is 21.7. The van der Waals surface area contributed by atoms with Gasteiger partial charge >= 0.3 is 0 Å². The number of carbonyl (C=O) groups is 1. The highest BCUT2D eigenvalue weighted by Gasteiger charge is 2.58. The molecule has 0 bridgehead atoms. The van der Waals surface area contributed by atoms with Crippen molar-refractivity contribution >= 4 is 16.8 Å². The van der Waals surface area contributed by atoms with Crippen molar-refractivity contribution in [2.24, 2.45) is 5.41 Å². The van der Waals surface area contributed by atoms with Crippen LogP contribution in [0.1, 0.15) is 71.6 Å². The fraction of sp³-hybridized carbons (Fsp3) is 0.467. The zero-order chi connectivity index (χ0) is 26.7. The molecule has 6 rings (SSSR count). The standard InChI is InChI=1S/C30H32F2N4O2/c1-19-13-25(38-2)23(22-7-11-34-26(19)22)15-36-12-10-28(16-30(31,32)17-28)14-24(36)20-3-5-21(6-4-20)27(37)35-29(18-33)8-9-29/h3-7,11,13,24,34H,8-10,12,14-17H2,1-2H3,(H,35,37)/t24-/m0/s1. The van der Waals surface area contributed by atoms with E-state index >= 15 is 0 Å². The molecule has 6 nitrogen and oxygen atoms in total. The van der Waals surface area contributed by atoms with Gasteiger partial charge in [0.2, 0.25) is 5.92 Å². The van der Waals surface area contributed by atoms with Crippen molar-refractivity contribution < 1.29 is 18.3 Å². The number of halogens is 2. The highest BCUT2D eigenvalue weighted by atomic mass is 19.3. The first kappa shape index (κ1) is 24.9. The van der Waals surface area contributed by atoms with Gasteiger partial charge in [0.1, 0.15) is 11.3 Å². The van der Waals surface area contributed by atoms with E-state index in [0.29, 0.717) is 37.9 Å². The first-order valence-corrected chi connectivity index (χ1v) is 13.2. The summed E-state index contributed by atoms with van der Waals surface area (Å²) in [5.74, 6) is -2.01. The van der Waals surface area contributed by atoms with Crippen molar-refractivity contribution in [3.05, 3.63) is 64.8 Å². The van der Waals surface area contributed by atoms with E-state index in [-0.39, 0.29) is 30.2 Å². The number of alkyl halides is 2. The van der Waals surface area contributed by atoms with Gasteiger partial charge in [-0.1, -0.05) is 12.1 Å². The van der Waals surface area contributed by atoms with Crippen molar-refractivity contribution in [3.8, 4) is 11.8 Å². The highest BCUT2D eigenvalue weighted by Crippen LogP contribution is 2.60. The van der Waals surface area contributed by atoms with Gasteiger partial charge in [-0.25, -0.2) is 8.78 Å². The lowest BCUT2D eigenvalue weighted by Crippen LogP contribution is -2.53. The lowest BCUT2D eigenvalue weighted by Gasteiger charge is -2.54. The highest BCUT2D eigenvalue weighted by molar-refractivity contribution is 5.95. The van der Waals surface area contributed by atoms with Crippen LogP contribution in [0.4, 0.5) is 8.78 Å². The molecule has 1 aromatic heterocycles. The number of fused-ring (bicyclic) bond motifs is 1. The van der Waals surface area contributed by atoms with Crippen molar-refractivity contribution in [1.82, 2.24) is 15.2 Å². The third kappa shape index (κ3) is 4.33. The predicted octanol–water partition coefficient (Wildman–Crippen LogP) is 6.02. The Balaban J connectivity index is 1.30. The number of aromatic amines is 1. The molecule has 2 aliphatic carbocycles. The second-order valence-corrected chi connectivity index (χ2v) is 11.6. The second-order valence-electron chi connectivity index (χ2n) is 11.6. The number of hydrogen-bond acceptors (Lipinski definition) is 4. The van der Waals surface area contributed by atoms with Crippen LogP contribution in [0.2, 0.25) is 0 Å². The lowest BCUT2D eigenvalue weighted by atomic mass is 9.59. The number of piperidine rings is 1. The van der Waals surface area contributed by atoms with Crippen molar-refractivity contribution in [2.75, 3.05) is 13.7 Å². The molecule has 3 fully saturated rings. The van der Waals surface area contributed by atoms with Gasteiger partial charge in [0.05, 0.1) is 13.2 Å². The molecule has 2 N–H and O–H groups in total. The molecule has 1 atom stereocenters. The van der Waals surface area contributed by atoms with E-state index in [1.54, 1.807) is 19.2 Å². The summed E-state index contributed by atoms with van der Waals surface area (Å²) in [6.07, 6.45) is 4.55. The van der Waals surface area contributed by atoms with Gasteiger partial charge in [0.25, 0.3) is 5.91 Å². The molecule has 198 valence electrons. The fourth-order valence-corrected chi connectivity index (χ4v) is 6.58. The van der Waals surface area contributed by atoms with Crippen LogP contribution in [0.5, 0.6) is 5.75 Å². The topological polar surface area (TPSA) is 81.2 Å². The maximum atomic E-state index is 14.0. The van der Waals surface area contributed by atoms with E-state index in [1.165, 1.54) is 0 Å².